The molecule has 1 saturated heterocycles. The molecule has 1 aromatic heterocycles. The van der Waals surface area contributed by atoms with Crippen molar-refractivity contribution < 1.29 is 9.53 Å². The molecule has 1 atom stereocenters. The summed E-state index contributed by atoms with van der Waals surface area (Å²) in [5.41, 5.74) is 1.47. The zero-order valence-corrected chi connectivity index (χ0v) is 9.90. The van der Waals surface area contributed by atoms with Gasteiger partial charge in [0.15, 0.2) is 0 Å². The molecular formula is C12H17N3O2. The summed E-state index contributed by atoms with van der Waals surface area (Å²) >= 11 is 0. The summed E-state index contributed by atoms with van der Waals surface area (Å²) in [7, 11) is 0. The van der Waals surface area contributed by atoms with Crippen LogP contribution in [0.1, 0.15) is 18.5 Å². The van der Waals surface area contributed by atoms with Crippen molar-refractivity contribution in [1.82, 2.24) is 10.3 Å². The maximum atomic E-state index is 10.4. The van der Waals surface area contributed by atoms with E-state index >= 15 is 0 Å². The number of carbonyl (C=O) groups is 1. The third kappa shape index (κ3) is 3.17. The van der Waals surface area contributed by atoms with Crippen LogP contribution in [0.3, 0.4) is 0 Å². The standard InChI is InChI=1S/C12H17N3O2/c1-9-12(15-8-16)5-11(6-14-9)17-7-10-3-2-4-13-10/h5-6,8,10,13H,2-4,7H2,1H3,(H,15,16)/t10-/m0/s1. The Bertz CT molecular complexity index is 389. The summed E-state index contributed by atoms with van der Waals surface area (Å²) in [6.07, 6.45) is 4.68. The highest BCUT2D eigenvalue weighted by Gasteiger charge is 2.14. The number of hydrogen-bond donors (Lipinski definition) is 2. The van der Waals surface area contributed by atoms with Crippen molar-refractivity contribution in [2.24, 2.45) is 0 Å². The van der Waals surface area contributed by atoms with Gasteiger partial charge in [0, 0.05) is 12.1 Å². The topological polar surface area (TPSA) is 63.2 Å². The van der Waals surface area contributed by atoms with Gasteiger partial charge in [-0.1, -0.05) is 0 Å². The number of amides is 1. The van der Waals surface area contributed by atoms with E-state index in [1.54, 1.807) is 12.3 Å². The van der Waals surface area contributed by atoms with E-state index in [4.69, 9.17) is 4.74 Å². The molecule has 1 fully saturated rings. The van der Waals surface area contributed by atoms with E-state index in [0.717, 1.165) is 18.7 Å². The Balaban J connectivity index is 1.95. The van der Waals surface area contributed by atoms with Gasteiger partial charge in [-0.15, -0.1) is 0 Å². The van der Waals surface area contributed by atoms with Crippen molar-refractivity contribution in [2.75, 3.05) is 18.5 Å². The quantitative estimate of drug-likeness (QED) is 0.750. The summed E-state index contributed by atoms with van der Waals surface area (Å²) in [5.74, 6) is 0.689. The molecule has 0 radical (unpaired) electrons. The van der Waals surface area contributed by atoms with Crippen molar-refractivity contribution >= 4 is 12.1 Å². The van der Waals surface area contributed by atoms with Gasteiger partial charge >= 0.3 is 0 Å². The predicted molar refractivity (Wildman–Crippen MR) is 65.2 cm³/mol. The van der Waals surface area contributed by atoms with Crippen LogP contribution in [0.25, 0.3) is 0 Å². The van der Waals surface area contributed by atoms with Crippen molar-refractivity contribution in [3.05, 3.63) is 18.0 Å². The minimum atomic E-state index is 0.429. The lowest BCUT2D eigenvalue weighted by molar-refractivity contribution is -0.105. The van der Waals surface area contributed by atoms with E-state index in [2.05, 4.69) is 15.6 Å². The van der Waals surface area contributed by atoms with Gasteiger partial charge in [0.05, 0.1) is 17.6 Å². The number of nitrogens with one attached hydrogen (secondary N) is 2. The molecule has 1 amide bonds. The number of anilines is 1. The number of pyridine rings is 1. The van der Waals surface area contributed by atoms with Crippen LogP contribution in [0.15, 0.2) is 12.3 Å². The van der Waals surface area contributed by atoms with Gasteiger partial charge in [0.2, 0.25) is 6.41 Å². The summed E-state index contributed by atoms with van der Waals surface area (Å²) in [5, 5.41) is 5.97. The van der Waals surface area contributed by atoms with Crippen LogP contribution in [0.5, 0.6) is 5.75 Å². The fourth-order valence-corrected chi connectivity index (χ4v) is 1.90. The Kier molecular flexibility index (Phi) is 3.93. The lowest BCUT2D eigenvalue weighted by atomic mass is 10.2. The number of aromatic nitrogens is 1. The second-order valence-electron chi connectivity index (χ2n) is 4.17. The number of nitrogens with zero attached hydrogens (tertiary/aromatic N) is 1. The Labute approximate surface area is 101 Å². The van der Waals surface area contributed by atoms with Crippen molar-refractivity contribution in [3.8, 4) is 5.75 Å². The van der Waals surface area contributed by atoms with Gasteiger partial charge in [0.25, 0.3) is 0 Å². The van der Waals surface area contributed by atoms with Gasteiger partial charge < -0.3 is 15.4 Å². The first-order valence-corrected chi connectivity index (χ1v) is 5.82. The zero-order valence-electron chi connectivity index (χ0n) is 9.90. The first kappa shape index (κ1) is 11.9. The van der Waals surface area contributed by atoms with Crippen LogP contribution < -0.4 is 15.4 Å². The fraction of sp³-hybridized carbons (Fsp3) is 0.500. The van der Waals surface area contributed by atoms with Crippen molar-refractivity contribution in [3.63, 3.8) is 0 Å². The first-order chi connectivity index (χ1) is 8.29. The smallest absolute Gasteiger partial charge is 0.211 e. The molecule has 2 heterocycles. The normalized spacial score (nSPS) is 19.0. The van der Waals surface area contributed by atoms with Crippen molar-refractivity contribution in [2.45, 2.75) is 25.8 Å². The molecule has 0 aliphatic carbocycles. The minimum absolute atomic E-state index is 0.429. The fourth-order valence-electron chi connectivity index (χ4n) is 1.90. The van der Waals surface area contributed by atoms with Crippen molar-refractivity contribution in [1.29, 1.82) is 0 Å². The molecule has 5 nitrogen and oxygen atoms in total. The highest BCUT2D eigenvalue weighted by atomic mass is 16.5. The Morgan fingerprint density at radius 1 is 1.71 bits per heavy atom. The molecule has 0 bridgehead atoms. The third-order valence-corrected chi connectivity index (χ3v) is 2.89. The van der Waals surface area contributed by atoms with Gasteiger partial charge in [-0.25, -0.2) is 0 Å². The molecule has 0 aromatic carbocycles. The van der Waals surface area contributed by atoms with Crippen LogP contribution in [0.4, 0.5) is 5.69 Å². The number of rotatable bonds is 5. The maximum Gasteiger partial charge on any atom is 0.211 e. The van der Waals surface area contributed by atoms with Gasteiger partial charge in [0.1, 0.15) is 12.4 Å². The summed E-state index contributed by atoms with van der Waals surface area (Å²) in [4.78, 5) is 14.6. The monoisotopic (exact) mass is 235 g/mol. The molecule has 0 saturated carbocycles. The Hall–Kier alpha value is -1.62. The maximum absolute atomic E-state index is 10.4. The molecule has 1 aliphatic rings. The van der Waals surface area contributed by atoms with Gasteiger partial charge in [-0.3, -0.25) is 9.78 Å². The lowest BCUT2D eigenvalue weighted by Gasteiger charge is -2.13. The SMILES string of the molecule is Cc1ncc(OC[C@@H]2CCCN2)cc1NC=O. The number of carbonyl (C=O) groups excluding carboxylic acids is 1. The molecule has 1 aromatic rings. The summed E-state index contributed by atoms with van der Waals surface area (Å²) in [6, 6.07) is 2.23. The van der Waals surface area contributed by atoms with Crippen LogP contribution >= 0.6 is 0 Å². The van der Waals surface area contributed by atoms with E-state index in [-0.39, 0.29) is 0 Å². The Morgan fingerprint density at radius 2 is 2.59 bits per heavy atom. The van der Waals surface area contributed by atoms with Crippen LogP contribution in [-0.4, -0.2) is 30.6 Å². The highest BCUT2D eigenvalue weighted by molar-refractivity contribution is 5.73. The second kappa shape index (κ2) is 5.63. The zero-order chi connectivity index (χ0) is 12.1. The highest BCUT2D eigenvalue weighted by Crippen LogP contribution is 2.19. The molecule has 2 rings (SSSR count). The molecule has 17 heavy (non-hydrogen) atoms. The van der Waals surface area contributed by atoms with Gasteiger partial charge in [-0.2, -0.15) is 0 Å². The van der Waals surface area contributed by atoms with E-state index in [9.17, 15) is 4.79 Å². The largest absolute Gasteiger partial charge is 0.490 e. The first-order valence-electron chi connectivity index (χ1n) is 5.82. The second-order valence-corrected chi connectivity index (χ2v) is 4.17. The molecular weight excluding hydrogens is 218 g/mol. The van der Waals surface area contributed by atoms with E-state index < -0.39 is 0 Å². The average Bonchev–Trinajstić information content (AvgIpc) is 2.83. The molecule has 2 N–H and O–H groups in total. The van der Waals surface area contributed by atoms with Crippen LogP contribution in [0, 0.1) is 6.92 Å². The number of ether oxygens (including phenoxy) is 1. The van der Waals surface area contributed by atoms with E-state index in [1.165, 1.54) is 6.42 Å². The molecule has 0 unspecified atom stereocenters. The summed E-state index contributed by atoms with van der Waals surface area (Å²) < 4.78 is 5.65. The number of hydrogen-bond acceptors (Lipinski definition) is 4. The summed E-state index contributed by atoms with van der Waals surface area (Å²) in [6.45, 7) is 3.55. The minimum Gasteiger partial charge on any atom is -0.490 e. The lowest BCUT2D eigenvalue weighted by Crippen LogP contribution is -2.28. The molecule has 1 aliphatic heterocycles. The average molecular weight is 235 g/mol. The van der Waals surface area contributed by atoms with Crippen LogP contribution in [0.2, 0.25) is 0 Å². The van der Waals surface area contributed by atoms with E-state index in [1.807, 2.05) is 6.92 Å². The van der Waals surface area contributed by atoms with E-state index in [0.29, 0.717) is 30.5 Å². The number of aryl methyl sites for hydroxylation is 1. The Morgan fingerprint density at radius 3 is 3.29 bits per heavy atom. The predicted octanol–water partition coefficient (Wildman–Crippen LogP) is 1.09. The van der Waals surface area contributed by atoms with Gasteiger partial charge in [-0.05, 0) is 26.3 Å². The third-order valence-electron chi connectivity index (χ3n) is 2.89. The molecule has 5 heteroatoms. The van der Waals surface area contributed by atoms with Crippen LogP contribution in [-0.2, 0) is 4.79 Å². The molecule has 0 spiro atoms. The molecule has 92 valence electrons.